The van der Waals surface area contributed by atoms with Crippen LogP contribution in [-0.2, 0) is 15.0 Å². The predicted octanol–water partition coefficient (Wildman–Crippen LogP) is 1.79. The van der Waals surface area contributed by atoms with E-state index in [1.165, 1.54) is 5.56 Å². The zero-order valence-corrected chi connectivity index (χ0v) is 10.5. The summed E-state index contributed by atoms with van der Waals surface area (Å²) < 4.78 is 0. The first-order valence-corrected chi connectivity index (χ1v) is 6.76. The van der Waals surface area contributed by atoms with Gasteiger partial charge in [0.05, 0.1) is 11.8 Å². The molecular weight excluding hydrogens is 242 g/mol. The third-order valence-electron chi connectivity index (χ3n) is 4.77. The first-order chi connectivity index (χ1) is 9.12. The zero-order chi connectivity index (χ0) is 13.2. The summed E-state index contributed by atoms with van der Waals surface area (Å²) in [5, 5.41) is 8.95. The lowest BCUT2D eigenvalue weighted by Crippen LogP contribution is -2.33. The summed E-state index contributed by atoms with van der Waals surface area (Å²) in [6.45, 7) is 0.744. The molecule has 0 aromatic heterocycles. The summed E-state index contributed by atoms with van der Waals surface area (Å²) in [5.41, 5.74) is 2.46. The van der Waals surface area contributed by atoms with E-state index in [2.05, 4.69) is 6.07 Å². The van der Waals surface area contributed by atoms with Crippen molar-refractivity contribution in [1.82, 2.24) is 0 Å². The lowest BCUT2D eigenvalue weighted by Gasteiger charge is -2.17. The van der Waals surface area contributed by atoms with E-state index in [0.717, 1.165) is 25.1 Å². The molecule has 2 atom stereocenters. The van der Waals surface area contributed by atoms with Crippen LogP contribution in [0, 0.1) is 11.8 Å². The van der Waals surface area contributed by atoms with Crippen molar-refractivity contribution in [3.63, 3.8) is 0 Å². The molecule has 98 valence electrons. The van der Waals surface area contributed by atoms with Gasteiger partial charge in [0.25, 0.3) is 0 Å². The zero-order valence-electron chi connectivity index (χ0n) is 10.5. The normalized spacial score (nSPS) is 29.2. The van der Waals surface area contributed by atoms with E-state index < -0.39 is 11.9 Å². The van der Waals surface area contributed by atoms with Crippen LogP contribution < -0.4 is 4.90 Å². The highest BCUT2D eigenvalue weighted by Crippen LogP contribution is 2.57. The topological polar surface area (TPSA) is 57.6 Å². The minimum atomic E-state index is -0.841. The van der Waals surface area contributed by atoms with Crippen LogP contribution in [0.5, 0.6) is 0 Å². The molecule has 0 bridgehead atoms. The maximum absolute atomic E-state index is 12.5. The van der Waals surface area contributed by atoms with Crippen molar-refractivity contribution in [3.05, 3.63) is 29.8 Å². The van der Waals surface area contributed by atoms with Gasteiger partial charge in [0.2, 0.25) is 5.91 Å². The quantitative estimate of drug-likeness (QED) is 0.878. The van der Waals surface area contributed by atoms with Crippen molar-refractivity contribution in [2.45, 2.75) is 24.7 Å². The Bertz CT molecular complexity index is 591. The summed E-state index contributed by atoms with van der Waals surface area (Å²) in [4.78, 5) is 25.2. The second-order valence-corrected chi connectivity index (χ2v) is 6.01. The molecule has 2 saturated carbocycles. The second kappa shape index (κ2) is 3.38. The monoisotopic (exact) mass is 257 g/mol. The molecular formula is C15H15NO3. The highest BCUT2D eigenvalue weighted by Gasteiger charge is 2.56. The summed E-state index contributed by atoms with van der Waals surface area (Å²) in [6.07, 6.45) is 2.78. The number of amides is 1. The maximum atomic E-state index is 12.5. The van der Waals surface area contributed by atoms with Crippen molar-refractivity contribution in [1.29, 1.82) is 0 Å². The van der Waals surface area contributed by atoms with E-state index in [0.29, 0.717) is 6.42 Å². The Morgan fingerprint density at radius 1 is 1.21 bits per heavy atom. The van der Waals surface area contributed by atoms with Gasteiger partial charge in [-0.05, 0) is 30.9 Å². The first kappa shape index (κ1) is 11.0. The van der Waals surface area contributed by atoms with E-state index in [9.17, 15) is 9.59 Å². The molecule has 3 aliphatic rings. The smallest absolute Gasteiger partial charge is 0.307 e. The summed E-state index contributed by atoms with van der Waals surface area (Å²) in [6, 6.07) is 8.06. The van der Waals surface area contributed by atoms with Crippen LogP contribution in [0.2, 0.25) is 0 Å². The van der Waals surface area contributed by atoms with E-state index >= 15 is 0 Å². The molecule has 4 rings (SSSR count). The highest BCUT2D eigenvalue weighted by atomic mass is 16.4. The van der Waals surface area contributed by atoms with Crippen LogP contribution >= 0.6 is 0 Å². The number of aliphatic carboxylic acids is 1. The molecule has 4 heteroatoms. The lowest BCUT2D eigenvalue weighted by atomic mass is 9.99. The number of carboxylic acid groups (broad SMARTS) is 1. The van der Waals surface area contributed by atoms with Gasteiger partial charge in [0.15, 0.2) is 0 Å². The Morgan fingerprint density at radius 2 is 1.95 bits per heavy atom. The molecule has 2 aliphatic carbocycles. The van der Waals surface area contributed by atoms with Crippen LogP contribution in [0.1, 0.15) is 24.8 Å². The van der Waals surface area contributed by atoms with Gasteiger partial charge < -0.3 is 10.0 Å². The average Bonchev–Trinajstić information content (AvgIpc) is 3.28. The van der Waals surface area contributed by atoms with Gasteiger partial charge in [0, 0.05) is 17.6 Å². The Balaban J connectivity index is 1.64. The van der Waals surface area contributed by atoms with Crippen LogP contribution in [-0.4, -0.2) is 23.5 Å². The van der Waals surface area contributed by atoms with Gasteiger partial charge in [0.1, 0.15) is 0 Å². The Kier molecular flexibility index (Phi) is 1.96. The minimum absolute atomic E-state index is 0.00336. The number of anilines is 1. The Morgan fingerprint density at radius 3 is 2.58 bits per heavy atom. The summed E-state index contributed by atoms with van der Waals surface area (Å²) in [5.74, 6) is -1.61. The summed E-state index contributed by atoms with van der Waals surface area (Å²) in [7, 11) is 0. The minimum Gasteiger partial charge on any atom is -0.481 e. The highest BCUT2D eigenvalue weighted by molar-refractivity contribution is 6.02. The molecule has 1 heterocycles. The second-order valence-electron chi connectivity index (χ2n) is 6.01. The number of rotatable bonds is 2. The van der Waals surface area contributed by atoms with E-state index in [-0.39, 0.29) is 17.2 Å². The SMILES string of the molecule is O=C(O)C1CC1C(=O)N1CC2(CC2)c2ccccc21. The predicted molar refractivity (Wildman–Crippen MR) is 68.9 cm³/mol. The molecule has 1 amide bonds. The van der Waals surface area contributed by atoms with Gasteiger partial charge in [-0.3, -0.25) is 9.59 Å². The maximum Gasteiger partial charge on any atom is 0.307 e. The van der Waals surface area contributed by atoms with Gasteiger partial charge in [-0.1, -0.05) is 18.2 Å². The fraction of sp³-hybridized carbons (Fsp3) is 0.467. The van der Waals surface area contributed by atoms with E-state index in [1.54, 1.807) is 0 Å². The largest absolute Gasteiger partial charge is 0.481 e. The van der Waals surface area contributed by atoms with Crippen LogP contribution in [0.3, 0.4) is 0 Å². The number of carbonyl (C=O) groups excluding carboxylic acids is 1. The molecule has 0 radical (unpaired) electrons. The number of benzene rings is 1. The Hall–Kier alpha value is -1.84. The molecule has 1 aromatic rings. The molecule has 1 aromatic carbocycles. The first-order valence-electron chi connectivity index (χ1n) is 6.76. The average molecular weight is 257 g/mol. The fourth-order valence-electron chi connectivity index (χ4n) is 3.35. The molecule has 4 nitrogen and oxygen atoms in total. The van der Waals surface area contributed by atoms with E-state index in [1.807, 2.05) is 23.1 Å². The van der Waals surface area contributed by atoms with Crippen molar-refractivity contribution < 1.29 is 14.7 Å². The molecule has 0 saturated heterocycles. The van der Waals surface area contributed by atoms with Gasteiger partial charge >= 0.3 is 5.97 Å². The standard InChI is InChI=1S/C15H15NO3/c17-13(9-7-10(9)14(18)19)16-8-15(5-6-15)11-3-1-2-4-12(11)16/h1-4,9-10H,5-8H2,(H,18,19). The van der Waals surface area contributed by atoms with Crippen molar-refractivity contribution >= 4 is 17.6 Å². The van der Waals surface area contributed by atoms with Crippen LogP contribution in [0.15, 0.2) is 24.3 Å². The molecule has 19 heavy (non-hydrogen) atoms. The lowest BCUT2D eigenvalue weighted by molar-refractivity contribution is -0.140. The van der Waals surface area contributed by atoms with Gasteiger partial charge in [-0.15, -0.1) is 0 Å². The van der Waals surface area contributed by atoms with Crippen LogP contribution in [0.25, 0.3) is 0 Å². The van der Waals surface area contributed by atoms with Crippen molar-refractivity contribution in [3.8, 4) is 0 Å². The molecule has 1 aliphatic heterocycles. The van der Waals surface area contributed by atoms with Crippen molar-refractivity contribution in [2.75, 3.05) is 11.4 Å². The number of hydrogen-bond acceptors (Lipinski definition) is 2. The number of nitrogens with zero attached hydrogens (tertiary/aromatic N) is 1. The summed E-state index contributed by atoms with van der Waals surface area (Å²) >= 11 is 0. The van der Waals surface area contributed by atoms with E-state index in [4.69, 9.17) is 5.11 Å². The number of para-hydroxylation sites is 1. The number of carbonyl (C=O) groups is 2. The fourth-order valence-corrected chi connectivity index (χ4v) is 3.35. The number of carboxylic acids is 1. The van der Waals surface area contributed by atoms with Gasteiger partial charge in [-0.25, -0.2) is 0 Å². The number of fused-ring (bicyclic) bond motifs is 2. The third-order valence-corrected chi connectivity index (χ3v) is 4.77. The molecule has 2 unspecified atom stereocenters. The molecule has 2 fully saturated rings. The number of hydrogen-bond donors (Lipinski definition) is 1. The third kappa shape index (κ3) is 1.46. The molecule has 1 spiro atoms. The van der Waals surface area contributed by atoms with Gasteiger partial charge in [-0.2, -0.15) is 0 Å². The van der Waals surface area contributed by atoms with Crippen molar-refractivity contribution in [2.24, 2.45) is 11.8 Å². The van der Waals surface area contributed by atoms with Crippen LogP contribution in [0.4, 0.5) is 5.69 Å². The Labute approximate surface area is 111 Å². The molecule has 1 N–H and O–H groups in total.